The number of aryl methyl sites for hydroxylation is 2. The van der Waals surface area contributed by atoms with E-state index in [0.29, 0.717) is 51.4 Å². The molecule has 0 amide bonds. The molecule has 74 heavy (non-hydrogen) atoms. The monoisotopic (exact) mass is 1160 g/mol. The van der Waals surface area contributed by atoms with Crippen molar-refractivity contribution in [3.05, 3.63) is 125 Å². The minimum absolute atomic E-state index is 0. The van der Waals surface area contributed by atoms with Gasteiger partial charge in [0, 0.05) is 100 Å². The molecule has 0 bridgehead atoms. The Bertz CT molecular complexity index is 3090. The third kappa shape index (κ3) is 17.7. The molecule has 2 aromatic heterocycles. The Morgan fingerprint density at radius 3 is 1.55 bits per heavy atom. The van der Waals surface area contributed by atoms with Gasteiger partial charge in [0.2, 0.25) is 20.0 Å². The summed E-state index contributed by atoms with van der Waals surface area (Å²) in [6.45, 7) is 2.17. The second-order valence-electron chi connectivity index (χ2n) is 17.1. The summed E-state index contributed by atoms with van der Waals surface area (Å²) >= 11 is 0. The van der Waals surface area contributed by atoms with Crippen molar-refractivity contribution in [1.82, 2.24) is 18.6 Å². The molecule has 21 nitrogen and oxygen atoms in total. The number of aliphatic carboxylic acids is 3. The summed E-state index contributed by atoms with van der Waals surface area (Å²) < 4.78 is 65.3. The van der Waals surface area contributed by atoms with E-state index in [-0.39, 0.29) is 71.4 Å². The minimum Gasteiger partial charge on any atom is -0.481 e. The molecule has 0 aliphatic heterocycles. The van der Waals surface area contributed by atoms with Crippen molar-refractivity contribution >= 4 is 77.4 Å². The molecule has 24 heteroatoms. The van der Waals surface area contributed by atoms with Crippen LogP contribution in [0.15, 0.2) is 119 Å². The fourth-order valence-corrected chi connectivity index (χ4v) is 10.9. The van der Waals surface area contributed by atoms with E-state index < -0.39 is 48.8 Å². The number of nitro groups is 1. The summed E-state index contributed by atoms with van der Waals surface area (Å²) in [7, 11) is -1.94. The number of nitrogens with zero attached hydrogens (tertiary/aromatic N) is 3. The van der Waals surface area contributed by atoms with Crippen LogP contribution in [0.4, 0.5) is 5.69 Å². The van der Waals surface area contributed by atoms with Crippen LogP contribution in [-0.4, -0.2) is 100 Å². The van der Waals surface area contributed by atoms with Gasteiger partial charge in [0.25, 0.3) is 17.6 Å². The van der Waals surface area contributed by atoms with E-state index in [1.807, 2.05) is 79.5 Å². The Balaban J connectivity index is 0.000000287. The van der Waals surface area contributed by atoms with Gasteiger partial charge in [-0.1, -0.05) is 42.5 Å². The number of sulfonamides is 2. The van der Waals surface area contributed by atoms with Gasteiger partial charge >= 0.3 is 17.9 Å². The third-order valence-electron chi connectivity index (χ3n) is 11.9. The maximum Gasteiger partial charge on any atom is 0.342 e. The normalized spacial score (nSPS) is 17.1. The fourth-order valence-electron chi connectivity index (χ4n) is 8.27. The number of para-hydroxylation sites is 1. The number of hydrogen-bond donors (Lipinski definition) is 6. The molecule has 2 heterocycles. The van der Waals surface area contributed by atoms with Crippen molar-refractivity contribution in [2.24, 2.45) is 25.9 Å². The largest absolute Gasteiger partial charge is 0.481 e. The minimum atomic E-state index is -3.66. The number of hydrogen-bond acceptors (Lipinski definition) is 12. The molecule has 6 aromatic rings. The molecular formula is C50H59N5O16PdS2. The summed E-state index contributed by atoms with van der Waals surface area (Å²) in [5, 5.41) is 44.5. The number of carboxylic acids is 4. The van der Waals surface area contributed by atoms with Crippen molar-refractivity contribution in [3.8, 4) is 11.3 Å². The van der Waals surface area contributed by atoms with Crippen LogP contribution in [0.5, 0.6) is 0 Å². The molecule has 2 aliphatic carbocycles. The van der Waals surface area contributed by atoms with Gasteiger partial charge in [-0.25, -0.2) is 31.1 Å². The molecule has 6 N–H and O–H groups in total. The summed E-state index contributed by atoms with van der Waals surface area (Å²) in [6.07, 6.45) is 6.59. The topological polar surface area (TPSA) is 321 Å². The molecule has 0 saturated heterocycles. The summed E-state index contributed by atoms with van der Waals surface area (Å²) in [5.41, 5.74) is 3.38. The Morgan fingerprint density at radius 1 is 0.635 bits per heavy atom. The van der Waals surface area contributed by atoms with Crippen LogP contribution in [0.1, 0.15) is 75.6 Å². The van der Waals surface area contributed by atoms with E-state index >= 15 is 0 Å². The van der Waals surface area contributed by atoms with Crippen LogP contribution < -0.4 is 9.44 Å². The van der Waals surface area contributed by atoms with Crippen LogP contribution in [0.3, 0.4) is 0 Å². The van der Waals surface area contributed by atoms with Crippen LogP contribution in [0.25, 0.3) is 33.1 Å². The van der Waals surface area contributed by atoms with Crippen molar-refractivity contribution in [1.29, 1.82) is 0 Å². The summed E-state index contributed by atoms with van der Waals surface area (Å²) in [4.78, 5) is 61.1. The Morgan fingerprint density at radius 2 is 1.09 bits per heavy atom. The van der Waals surface area contributed by atoms with Crippen molar-refractivity contribution < 1.29 is 91.3 Å². The second kappa shape index (κ2) is 28.0. The first-order valence-electron chi connectivity index (χ1n) is 22.8. The first-order chi connectivity index (χ1) is 34.3. The zero-order valence-corrected chi connectivity index (χ0v) is 44.2. The average Bonchev–Trinajstić information content (AvgIpc) is 3.89. The number of nitro benzene ring substituents is 1. The summed E-state index contributed by atoms with van der Waals surface area (Å²) in [6, 6.07) is 29.0. The third-order valence-corrected chi connectivity index (χ3v) is 14.9. The molecule has 0 spiro atoms. The number of carbonyl (C=O) groups excluding carboxylic acids is 1. The smallest absolute Gasteiger partial charge is 0.342 e. The number of methoxy groups -OCH3 is 1. The molecule has 4 aromatic carbocycles. The van der Waals surface area contributed by atoms with E-state index in [4.69, 9.17) is 34.8 Å². The van der Waals surface area contributed by atoms with Crippen LogP contribution in [-0.2, 0) is 78.5 Å². The molecule has 2 fully saturated rings. The number of rotatable bonds is 11. The fraction of sp³-hybridized carbons (Fsp3) is 0.340. The number of carboxylic acid groups (broad SMARTS) is 4. The molecule has 0 unspecified atom stereocenters. The van der Waals surface area contributed by atoms with E-state index in [0.717, 1.165) is 53.0 Å². The van der Waals surface area contributed by atoms with Gasteiger partial charge in [-0.3, -0.25) is 29.3 Å². The zero-order valence-electron chi connectivity index (χ0n) is 41.0. The van der Waals surface area contributed by atoms with Gasteiger partial charge < -0.3 is 34.3 Å². The predicted octanol–water partition coefficient (Wildman–Crippen LogP) is 7.43. The number of esters is 1. The number of ether oxygens (including phenoxy) is 1. The number of fused-ring (bicyclic) bond motifs is 2. The molecule has 0 radical (unpaired) electrons. The number of aromatic nitrogens is 2. The van der Waals surface area contributed by atoms with Gasteiger partial charge in [-0.05, 0) is 112 Å². The molecule has 8 rings (SSSR count). The molecule has 0 atom stereocenters. The number of benzene rings is 4. The number of aromatic carboxylic acids is 1. The Labute approximate surface area is 441 Å². The number of nitrogens with one attached hydrogen (secondary N) is 2. The molecule has 2 aliphatic rings. The molecule has 2 saturated carbocycles. The first-order valence-corrected chi connectivity index (χ1v) is 25.7. The average molecular weight is 1160 g/mol. The van der Waals surface area contributed by atoms with E-state index in [1.165, 1.54) is 25.3 Å². The standard InChI is InChI=1S/C22H24N2O4S.C17H22N2O4S.C7H5NO4.2C2H4O2.Pd/c1-24-20-12-11-19(13-17(20)14-21(24)15-5-3-2-4-6-15)29(27,28)23-18-9-7-16(8-10-18)22(25)26;1-19-10-9-13-11-15(7-8-16(13)19)24(21,22)18-14-5-3-12(4-6-14)17(20)23-2;9-7(10)5-3-1-2-4-6(5)8(11)12;2*1-2(3)4;/h2-6,11-14,16,18,23H,7-10H2,1H3,(H,25,26);7-12,14,18H,3-6H2,1-2H3;1-4H,(H,9,10);2*1H3,(H,3,4);. The maximum absolute atomic E-state index is 12.9. The first kappa shape index (κ1) is 61.5. The molecule has 402 valence electrons. The van der Waals surface area contributed by atoms with Gasteiger partial charge in [0.1, 0.15) is 5.56 Å². The zero-order chi connectivity index (χ0) is 54.2. The van der Waals surface area contributed by atoms with Crippen molar-refractivity contribution in [3.63, 3.8) is 0 Å². The Hall–Kier alpha value is -6.81. The van der Waals surface area contributed by atoms with Crippen molar-refractivity contribution in [2.75, 3.05) is 7.11 Å². The Kier molecular flexibility index (Phi) is 23.3. The second-order valence-corrected chi connectivity index (χ2v) is 20.6. The van der Waals surface area contributed by atoms with Gasteiger partial charge in [0.05, 0.1) is 33.7 Å². The quantitative estimate of drug-likeness (QED) is 0.0318. The molecular weight excluding hydrogens is 1100 g/mol. The predicted molar refractivity (Wildman–Crippen MR) is 270 cm³/mol. The van der Waals surface area contributed by atoms with Crippen LogP contribution in [0.2, 0.25) is 0 Å². The van der Waals surface area contributed by atoms with Crippen molar-refractivity contribution in [2.45, 2.75) is 87.1 Å². The van der Waals surface area contributed by atoms with Gasteiger partial charge in [-0.2, -0.15) is 0 Å². The maximum atomic E-state index is 12.9. The van der Waals surface area contributed by atoms with E-state index in [9.17, 15) is 41.3 Å². The van der Waals surface area contributed by atoms with Crippen LogP contribution in [0, 0.1) is 22.0 Å². The van der Waals surface area contributed by atoms with Gasteiger partial charge in [0.15, 0.2) is 0 Å². The van der Waals surface area contributed by atoms with Crippen LogP contribution >= 0.6 is 0 Å². The van der Waals surface area contributed by atoms with E-state index in [2.05, 4.69) is 14.0 Å². The van der Waals surface area contributed by atoms with E-state index in [1.54, 1.807) is 24.3 Å². The van der Waals surface area contributed by atoms with Gasteiger partial charge in [-0.15, -0.1) is 0 Å². The SMILES string of the molecule is CC(=O)O.CC(=O)O.COC(=O)C1CCC(NS(=O)(=O)c2ccc3c(ccn3C)c2)CC1.Cn1c(-c2ccccc2)cc2cc(S(=O)(=O)NC3CCC(C(=O)O)CC3)ccc21.O=C(O)c1ccccc1[N+](=O)[O-].[Pd]. The summed E-state index contributed by atoms with van der Waals surface area (Å²) in [5.74, 6) is -4.44. The number of carbonyl (C=O) groups is 5.